The van der Waals surface area contributed by atoms with Crippen molar-refractivity contribution in [2.75, 3.05) is 13.2 Å². The molecule has 2 rings (SSSR count). The maximum Gasteiger partial charge on any atom is 0.262 e. The fraction of sp³-hybridized carbons (Fsp3) is 0.333. The van der Waals surface area contributed by atoms with Crippen LogP contribution >= 0.6 is 11.6 Å². The van der Waals surface area contributed by atoms with E-state index in [-0.39, 0.29) is 11.7 Å². The summed E-state index contributed by atoms with van der Waals surface area (Å²) in [6.07, 6.45) is 3.50. The van der Waals surface area contributed by atoms with Crippen LogP contribution in [-0.4, -0.2) is 25.2 Å². The van der Waals surface area contributed by atoms with Gasteiger partial charge in [0, 0.05) is 18.2 Å². The molecule has 4 nitrogen and oxygen atoms in total. The van der Waals surface area contributed by atoms with Gasteiger partial charge in [-0.15, -0.1) is 0 Å². The molecule has 20 heavy (non-hydrogen) atoms. The Bertz CT molecular complexity index is 557. The molecule has 1 atom stereocenters. The van der Waals surface area contributed by atoms with E-state index in [1.807, 2.05) is 6.07 Å². The topological polar surface area (TPSA) is 62.1 Å². The number of hydrogen-bond donors (Lipinski definition) is 1. The minimum Gasteiger partial charge on any atom is -0.376 e. The number of rotatable bonds is 4. The monoisotopic (exact) mass is 290 g/mol. The van der Waals surface area contributed by atoms with E-state index in [4.69, 9.17) is 21.6 Å². The molecule has 1 aromatic rings. The first-order valence-corrected chi connectivity index (χ1v) is 6.84. The van der Waals surface area contributed by atoms with E-state index in [9.17, 15) is 4.79 Å². The van der Waals surface area contributed by atoms with Crippen molar-refractivity contribution in [2.24, 2.45) is 0 Å². The maximum atomic E-state index is 11.9. The highest BCUT2D eigenvalue weighted by atomic mass is 35.5. The molecule has 1 saturated heterocycles. The number of ether oxygens (including phenoxy) is 1. The van der Waals surface area contributed by atoms with Crippen LogP contribution < -0.4 is 5.32 Å². The maximum absolute atomic E-state index is 11.9. The number of carbonyl (C=O) groups is 1. The molecule has 0 spiro atoms. The van der Waals surface area contributed by atoms with Crippen LogP contribution in [0.4, 0.5) is 0 Å². The molecule has 1 unspecified atom stereocenters. The molecule has 104 valence electrons. The van der Waals surface area contributed by atoms with E-state index in [2.05, 4.69) is 5.32 Å². The highest BCUT2D eigenvalue weighted by molar-refractivity contribution is 6.32. The number of nitrogens with zero attached hydrogens (tertiary/aromatic N) is 1. The molecule has 1 heterocycles. The average Bonchev–Trinajstić information content (AvgIpc) is 2.97. The van der Waals surface area contributed by atoms with Crippen LogP contribution in [0.2, 0.25) is 5.02 Å². The van der Waals surface area contributed by atoms with Gasteiger partial charge in [-0.1, -0.05) is 29.8 Å². The number of nitrogens with one attached hydrogen (secondary N) is 1. The molecule has 5 heteroatoms. The van der Waals surface area contributed by atoms with Gasteiger partial charge in [0.05, 0.1) is 6.10 Å². The lowest BCUT2D eigenvalue weighted by molar-refractivity contribution is -0.117. The summed E-state index contributed by atoms with van der Waals surface area (Å²) in [5.41, 5.74) is 0.689. The zero-order valence-corrected chi connectivity index (χ0v) is 11.7. The van der Waals surface area contributed by atoms with Crippen LogP contribution in [0.5, 0.6) is 0 Å². The van der Waals surface area contributed by atoms with E-state index in [1.165, 1.54) is 6.08 Å². The average molecular weight is 291 g/mol. The molecule has 1 aromatic carbocycles. The first-order chi connectivity index (χ1) is 9.70. The standard InChI is InChI=1S/C15H15ClN2O2/c16-14-6-2-1-4-11(14)8-12(9-17)15(19)18-10-13-5-3-7-20-13/h1-2,4,6,8,13H,3,5,7,10H2,(H,18,19). The van der Waals surface area contributed by atoms with E-state index < -0.39 is 5.91 Å². The number of halogens is 1. The SMILES string of the molecule is N#CC(=Cc1ccccc1Cl)C(=O)NCC1CCCO1. The number of hydrogen-bond acceptors (Lipinski definition) is 3. The molecule has 0 bridgehead atoms. The lowest BCUT2D eigenvalue weighted by Crippen LogP contribution is -2.32. The summed E-state index contributed by atoms with van der Waals surface area (Å²) >= 11 is 6.00. The highest BCUT2D eigenvalue weighted by Gasteiger charge is 2.17. The van der Waals surface area contributed by atoms with Crippen LogP contribution in [0.25, 0.3) is 6.08 Å². The van der Waals surface area contributed by atoms with Gasteiger partial charge in [0.25, 0.3) is 5.91 Å². The first kappa shape index (κ1) is 14.6. The second-order valence-corrected chi connectivity index (χ2v) is 4.94. The molecular formula is C15H15ClN2O2. The highest BCUT2D eigenvalue weighted by Crippen LogP contribution is 2.18. The van der Waals surface area contributed by atoms with Crippen molar-refractivity contribution in [3.63, 3.8) is 0 Å². The van der Waals surface area contributed by atoms with Gasteiger partial charge < -0.3 is 10.1 Å². The minimum atomic E-state index is -0.400. The number of amides is 1. The summed E-state index contributed by atoms with van der Waals surface area (Å²) in [4.78, 5) is 11.9. The molecule has 0 saturated carbocycles. The summed E-state index contributed by atoms with van der Waals surface area (Å²) in [5.74, 6) is -0.400. The van der Waals surface area contributed by atoms with Crippen LogP contribution in [0.3, 0.4) is 0 Å². The third-order valence-electron chi connectivity index (χ3n) is 3.08. The van der Waals surface area contributed by atoms with Crippen molar-refractivity contribution in [1.82, 2.24) is 5.32 Å². The lowest BCUT2D eigenvalue weighted by Gasteiger charge is -2.10. The van der Waals surface area contributed by atoms with Gasteiger partial charge in [0.1, 0.15) is 11.6 Å². The van der Waals surface area contributed by atoms with Crippen LogP contribution in [0.15, 0.2) is 29.8 Å². The fourth-order valence-corrected chi connectivity index (χ4v) is 2.19. The molecule has 1 fully saturated rings. The van der Waals surface area contributed by atoms with Gasteiger partial charge in [-0.2, -0.15) is 5.26 Å². The summed E-state index contributed by atoms with van der Waals surface area (Å²) in [5, 5.41) is 12.3. The zero-order chi connectivity index (χ0) is 14.4. The van der Waals surface area contributed by atoms with Crippen molar-refractivity contribution < 1.29 is 9.53 Å². The van der Waals surface area contributed by atoms with Crippen LogP contribution in [-0.2, 0) is 9.53 Å². The Kier molecular flexibility index (Phi) is 5.16. The number of benzene rings is 1. The third-order valence-corrected chi connectivity index (χ3v) is 3.43. The Morgan fingerprint density at radius 3 is 3.00 bits per heavy atom. The second-order valence-electron chi connectivity index (χ2n) is 4.54. The van der Waals surface area contributed by atoms with E-state index in [1.54, 1.807) is 24.3 Å². The number of nitriles is 1. The Morgan fingerprint density at radius 2 is 2.35 bits per heavy atom. The molecule has 1 amide bonds. The fourth-order valence-electron chi connectivity index (χ4n) is 2.00. The molecule has 1 aliphatic rings. The second kappa shape index (κ2) is 7.09. The first-order valence-electron chi connectivity index (χ1n) is 6.47. The van der Waals surface area contributed by atoms with E-state index in [0.29, 0.717) is 17.1 Å². The third kappa shape index (κ3) is 3.83. The smallest absolute Gasteiger partial charge is 0.262 e. The van der Waals surface area contributed by atoms with Crippen LogP contribution in [0, 0.1) is 11.3 Å². The molecule has 1 aliphatic heterocycles. The van der Waals surface area contributed by atoms with Crippen LogP contribution in [0.1, 0.15) is 18.4 Å². The van der Waals surface area contributed by atoms with Gasteiger partial charge in [-0.3, -0.25) is 4.79 Å². The van der Waals surface area contributed by atoms with E-state index in [0.717, 1.165) is 19.4 Å². The van der Waals surface area contributed by atoms with E-state index >= 15 is 0 Å². The van der Waals surface area contributed by atoms with Gasteiger partial charge in [0.15, 0.2) is 0 Å². The number of carbonyl (C=O) groups excluding carboxylic acids is 1. The Balaban J connectivity index is 2.02. The summed E-state index contributed by atoms with van der Waals surface area (Å²) in [7, 11) is 0. The quantitative estimate of drug-likeness (QED) is 0.685. The molecule has 0 radical (unpaired) electrons. The van der Waals surface area contributed by atoms with Crippen molar-refractivity contribution in [3.8, 4) is 6.07 Å². The van der Waals surface area contributed by atoms with Gasteiger partial charge in [0.2, 0.25) is 0 Å². The predicted octanol–water partition coefficient (Wildman–Crippen LogP) is 2.54. The molecule has 1 N–H and O–H groups in total. The van der Waals surface area contributed by atoms with Crippen molar-refractivity contribution in [3.05, 3.63) is 40.4 Å². The molecule has 0 aliphatic carbocycles. The normalized spacial score (nSPS) is 18.6. The van der Waals surface area contributed by atoms with Crippen molar-refractivity contribution in [2.45, 2.75) is 18.9 Å². The van der Waals surface area contributed by atoms with Gasteiger partial charge >= 0.3 is 0 Å². The lowest BCUT2D eigenvalue weighted by atomic mass is 10.1. The molecule has 0 aromatic heterocycles. The van der Waals surface area contributed by atoms with Crippen molar-refractivity contribution in [1.29, 1.82) is 5.26 Å². The Hall–Kier alpha value is -1.83. The van der Waals surface area contributed by atoms with Gasteiger partial charge in [-0.05, 0) is 30.5 Å². The summed E-state index contributed by atoms with van der Waals surface area (Å²) < 4.78 is 5.42. The Labute approximate surface area is 123 Å². The largest absolute Gasteiger partial charge is 0.376 e. The van der Waals surface area contributed by atoms with Crippen molar-refractivity contribution >= 4 is 23.6 Å². The zero-order valence-electron chi connectivity index (χ0n) is 10.9. The predicted molar refractivity (Wildman–Crippen MR) is 77.0 cm³/mol. The Morgan fingerprint density at radius 1 is 1.55 bits per heavy atom. The minimum absolute atomic E-state index is 0.0381. The summed E-state index contributed by atoms with van der Waals surface area (Å²) in [6, 6.07) is 8.97. The van der Waals surface area contributed by atoms with Gasteiger partial charge in [-0.25, -0.2) is 0 Å². The summed E-state index contributed by atoms with van der Waals surface area (Å²) in [6.45, 7) is 1.17. The molecular weight excluding hydrogens is 276 g/mol.